The minimum Gasteiger partial charge on any atom is -0.331 e. The molecule has 5 heteroatoms. The third-order valence-electron chi connectivity index (χ3n) is 5.41. The molecule has 0 saturated carbocycles. The van der Waals surface area contributed by atoms with Gasteiger partial charge in [-0.3, -0.25) is 0 Å². The summed E-state index contributed by atoms with van der Waals surface area (Å²) < 4.78 is 0. The van der Waals surface area contributed by atoms with Crippen molar-refractivity contribution in [3.8, 4) is 0 Å². The zero-order valence-electron chi connectivity index (χ0n) is 16.1. The van der Waals surface area contributed by atoms with Crippen LogP contribution in [0.5, 0.6) is 0 Å². The van der Waals surface area contributed by atoms with Crippen LogP contribution < -0.4 is 15.5 Å². The molecule has 0 bridgehead atoms. The zero-order valence-corrected chi connectivity index (χ0v) is 16.9. The normalized spacial score (nSPS) is 16.8. The van der Waals surface area contributed by atoms with E-state index in [9.17, 15) is 4.79 Å². The summed E-state index contributed by atoms with van der Waals surface area (Å²) in [5.41, 5.74) is 4.88. The van der Waals surface area contributed by atoms with Gasteiger partial charge in [0.1, 0.15) is 12.6 Å². The summed E-state index contributed by atoms with van der Waals surface area (Å²) >= 11 is 1.77. The molecule has 0 radical (unpaired) electrons. The van der Waals surface area contributed by atoms with E-state index >= 15 is 0 Å². The van der Waals surface area contributed by atoms with Crippen molar-refractivity contribution in [3.05, 3.63) is 87.6 Å². The number of anilines is 1. The number of amides is 2. The first-order chi connectivity index (χ1) is 13.7. The van der Waals surface area contributed by atoms with Gasteiger partial charge in [0.2, 0.25) is 0 Å². The fourth-order valence-electron chi connectivity index (χ4n) is 3.84. The number of rotatable bonds is 5. The molecule has 2 aromatic carbocycles. The molecule has 0 fully saturated rings. The van der Waals surface area contributed by atoms with Gasteiger partial charge in [-0.1, -0.05) is 48.0 Å². The van der Waals surface area contributed by atoms with Crippen molar-refractivity contribution < 1.29 is 9.69 Å². The van der Waals surface area contributed by atoms with Crippen LogP contribution in [0.1, 0.15) is 27.6 Å². The molecule has 1 unspecified atom stereocenters. The maximum absolute atomic E-state index is 12.4. The molecule has 0 aliphatic carbocycles. The van der Waals surface area contributed by atoms with Gasteiger partial charge in [-0.15, -0.1) is 11.3 Å². The number of carbonyl (C=O) groups is 1. The third-order valence-corrected chi connectivity index (χ3v) is 6.39. The van der Waals surface area contributed by atoms with Crippen molar-refractivity contribution in [1.82, 2.24) is 5.32 Å². The highest BCUT2D eigenvalue weighted by atomic mass is 32.1. The third kappa shape index (κ3) is 4.43. The zero-order chi connectivity index (χ0) is 19.3. The molecule has 0 spiro atoms. The number of aryl methyl sites for hydroxylation is 1. The number of urea groups is 1. The molecular weight excluding hydrogens is 366 g/mol. The van der Waals surface area contributed by atoms with E-state index in [0.717, 1.165) is 25.2 Å². The van der Waals surface area contributed by atoms with Crippen molar-refractivity contribution >= 4 is 23.1 Å². The highest BCUT2D eigenvalue weighted by Crippen LogP contribution is 2.19. The molecule has 0 saturated heterocycles. The summed E-state index contributed by atoms with van der Waals surface area (Å²) in [5.74, 6) is 0. The van der Waals surface area contributed by atoms with Gasteiger partial charge >= 0.3 is 6.03 Å². The monoisotopic (exact) mass is 392 g/mol. The highest BCUT2D eigenvalue weighted by molar-refractivity contribution is 7.10. The lowest BCUT2D eigenvalue weighted by molar-refractivity contribution is -0.945. The molecule has 1 aliphatic rings. The summed E-state index contributed by atoms with van der Waals surface area (Å²) in [6, 6.07) is 21.0. The van der Waals surface area contributed by atoms with E-state index < -0.39 is 0 Å². The molecule has 3 aromatic rings. The van der Waals surface area contributed by atoms with Gasteiger partial charge in [-0.05, 0) is 36.1 Å². The summed E-state index contributed by atoms with van der Waals surface area (Å²) in [6.07, 6.45) is 1.09. The van der Waals surface area contributed by atoms with Crippen molar-refractivity contribution in [3.63, 3.8) is 0 Å². The Kier molecular flexibility index (Phi) is 5.74. The van der Waals surface area contributed by atoms with Gasteiger partial charge in [0.05, 0.1) is 18.0 Å². The Hall–Kier alpha value is -2.63. The average Bonchev–Trinajstić information content (AvgIpc) is 3.24. The topological polar surface area (TPSA) is 45.6 Å². The minimum atomic E-state index is -0.151. The van der Waals surface area contributed by atoms with E-state index in [-0.39, 0.29) is 12.1 Å². The Labute approximate surface area is 170 Å². The Bertz CT molecular complexity index is 921. The lowest BCUT2D eigenvalue weighted by atomic mass is 9.98. The number of nitrogens with one attached hydrogen (secondary N) is 3. The van der Waals surface area contributed by atoms with Crippen LogP contribution in [0, 0.1) is 6.92 Å². The van der Waals surface area contributed by atoms with E-state index in [4.69, 9.17) is 0 Å². The number of carbonyl (C=O) groups excluding carboxylic acids is 1. The van der Waals surface area contributed by atoms with Crippen molar-refractivity contribution in [1.29, 1.82) is 0 Å². The number of benzene rings is 2. The molecule has 2 atom stereocenters. The lowest BCUT2D eigenvalue weighted by Gasteiger charge is -2.32. The molecule has 4 rings (SSSR count). The van der Waals surface area contributed by atoms with E-state index in [0.29, 0.717) is 6.54 Å². The van der Waals surface area contributed by atoms with E-state index in [1.165, 1.54) is 26.5 Å². The van der Waals surface area contributed by atoms with E-state index in [1.807, 2.05) is 31.2 Å². The molecule has 1 aromatic heterocycles. The van der Waals surface area contributed by atoms with Crippen molar-refractivity contribution in [2.45, 2.75) is 25.9 Å². The van der Waals surface area contributed by atoms with Gasteiger partial charge in [0, 0.05) is 17.7 Å². The summed E-state index contributed by atoms with van der Waals surface area (Å²) in [7, 11) is 0. The molecule has 4 nitrogen and oxygen atoms in total. The summed E-state index contributed by atoms with van der Waals surface area (Å²) in [5, 5.41) is 8.14. The summed E-state index contributed by atoms with van der Waals surface area (Å²) in [4.78, 5) is 15.3. The first-order valence-corrected chi connectivity index (χ1v) is 10.6. The standard InChI is InChI=1S/C23H25N3OS/c1-17-8-10-20(11-9-17)25-23(27)24-15-21(22-7-4-14-28-22)26-13-12-18-5-2-3-6-19(18)16-26/h2-11,14,21H,12-13,15-16H2,1H3,(H2,24,25,27)/p+1/t21-/m0/s1. The molecule has 2 amide bonds. The Morgan fingerprint density at radius 2 is 1.86 bits per heavy atom. The largest absolute Gasteiger partial charge is 0.331 e. The molecule has 3 N–H and O–H groups in total. The van der Waals surface area contributed by atoms with Crippen LogP contribution >= 0.6 is 11.3 Å². The molecule has 144 valence electrons. The number of fused-ring (bicyclic) bond motifs is 1. The Morgan fingerprint density at radius 1 is 1.07 bits per heavy atom. The smallest absolute Gasteiger partial charge is 0.319 e. The fourth-order valence-corrected chi connectivity index (χ4v) is 4.73. The maximum Gasteiger partial charge on any atom is 0.319 e. The quantitative estimate of drug-likeness (QED) is 0.611. The van der Waals surface area contributed by atoms with Crippen LogP contribution in [0.15, 0.2) is 66.0 Å². The Balaban J connectivity index is 1.43. The second-order valence-corrected chi connectivity index (χ2v) is 8.35. The van der Waals surface area contributed by atoms with E-state index in [2.05, 4.69) is 52.4 Å². The Morgan fingerprint density at radius 3 is 2.61 bits per heavy atom. The second-order valence-electron chi connectivity index (χ2n) is 7.37. The van der Waals surface area contributed by atoms with Crippen molar-refractivity contribution in [2.75, 3.05) is 18.4 Å². The summed E-state index contributed by atoms with van der Waals surface area (Å²) in [6.45, 7) is 4.74. The number of hydrogen-bond acceptors (Lipinski definition) is 2. The van der Waals surface area contributed by atoms with Gasteiger partial charge in [-0.25, -0.2) is 4.79 Å². The minimum absolute atomic E-state index is 0.151. The van der Waals surface area contributed by atoms with Gasteiger partial charge in [0.15, 0.2) is 0 Å². The number of hydrogen-bond donors (Lipinski definition) is 3. The van der Waals surface area contributed by atoms with Gasteiger partial charge in [0.25, 0.3) is 0 Å². The molecular formula is C23H26N3OS+. The predicted molar refractivity (Wildman–Crippen MR) is 115 cm³/mol. The van der Waals surface area contributed by atoms with Gasteiger partial charge in [-0.2, -0.15) is 0 Å². The van der Waals surface area contributed by atoms with Crippen LogP contribution in [-0.4, -0.2) is 19.1 Å². The average molecular weight is 393 g/mol. The van der Waals surface area contributed by atoms with Crippen LogP contribution in [0.4, 0.5) is 10.5 Å². The molecule has 2 heterocycles. The first-order valence-electron chi connectivity index (χ1n) is 9.75. The SMILES string of the molecule is Cc1ccc(NC(=O)NC[C@@H](c2cccs2)[NH+]2CCc3ccccc3C2)cc1. The van der Waals surface area contributed by atoms with Crippen LogP contribution in [-0.2, 0) is 13.0 Å². The van der Waals surface area contributed by atoms with E-state index in [1.54, 1.807) is 11.3 Å². The molecule has 28 heavy (non-hydrogen) atoms. The van der Waals surface area contributed by atoms with Crippen LogP contribution in [0.25, 0.3) is 0 Å². The second kappa shape index (κ2) is 8.59. The van der Waals surface area contributed by atoms with Crippen LogP contribution in [0.3, 0.4) is 0 Å². The lowest BCUT2D eigenvalue weighted by Crippen LogP contribution is -3.12. The fraction of sp³-hybridized carbons (Fsp3) is 0.261. The highest BCUT2D eigenvalue weighted by Gasteiger charge is 2.29. The van der Waals surface area contributed by atoms with Crippen LogP contribution in [0.2, 0.25) is 0 Å². The maximum atomic E-state index is 12.4. The molecule has 1 aliphatic heterocycles. The van der Waals surface area contributed by atoms with Crippen molar-refractivity contribution in [2.24, 2.45) is 0 Å². The number of thiophene rings is 1. The first kappa shape index (κ1) is 18.7. The number of quaternary nitrogens is 1. The predicted octanol–water partition coefficient (Wildman–Crippen LogP) is 3.56. The van der Waals surface area contributed by atoms with Gasteiger partial charge < -0.3 is 15.5 Å².